The first-order valence-corrected chi connectivity index (χ1v) is 11.1. The van der Waals surface area contributed by atoms with Gasteiger partial charge in [-0.2, -0.15) is 0 Å². The van der Waals surface area contributed by atoms with Crippen molar-refractivity contribution in [3.8, 4) is 0 Å². The maximum atomic E-state index is 12.5. The predicted molar refractivity (Wildman–Crippen MR) is 123 cm³/mol. The van der Waals surface area contributed by atoms with Gasteiger partial charge in [0.15, 0.2) is 0 Å². The lowest BCUT2D eigenvalue weighted by Crippen LogP contribution is -2.48. The van der Waals surface area contributed by atoms with Crippen molar-refractivity contribution in [3.63, 3.8) is 0 Å². The minimum Gasteiger partial charge on any atom is -0.367 e. The molecule has 0 radical (unpaired) electrons. The Morgan fingerprint density at radius 2 is 1.73 bits per heavy atom. The Labute approximate surface area is 184 Å². The van der Waals surface area contributed by atoms with Gasteiger partial charge < -0.3 is 15.1 Å². The van der Waals surface area contributed by atoms with Crippen molar-refractivity contribution in [1.29, 1.82) is 0 Å². The van der Waals surface area contributed by atoms with E-state index in [0.717, 1.165) is 29.2 Å². The van der Waals surface area contributed by atoms with Crippen LogP contribution in [-0.2, 0) is 11.2 Å². The molecule has 0 atom stereocenters. The number of nitrogens with one attached hydrogen (secondary N) is 1. The number of anilines is 2. The number of benzene rings is 2. The zero-order chi connectivity index (χ0) is 20.9. The van der Waals surface area contributed by atoms with Gasteiger partial charge in [0, 0.05) is 31.9 Å². The van der Waals surface area contributed by atoms with Crippen molar-refractivity contribution in [3.05, 3.63) is 81.5 Å². The summed E-state index contributed by atoms with van der Waals surface area (Å²) < 4.78 is 0. The SMILES string of the molecule is O=C(Cc1ccccc1)Nc1ccc(N2CCN(C(=O)c3cccs3)CC2)c(Cl)c1. The smallest absolute Gasteiger partial charge is 0.264 e. The van der Waals surface area contributed by atoms with Gasteiger partial charge in [-0.1, -0.05) is 48.0 Å². The summed E-state index contributed by atoms with van der Waals surface area (Å²) in [6, 6.07) is 19.0. The Bertz CT molecular complexity index is 1020. The maximum absolute atomic E-state index is 12.5. The highest BCUT2D eigenvalue weighted by Crippen LogP contribution is 2.30. The Kier molecular flexibility index (Phi) is 6.35. The molecule has 0 spiro atoms. The van der Waals surface area contributed by atoms with Gasteiger partial charge in [0.1, 0.15) is 0 Å². The largest absolute Gasteiger partial charge is 0.367 e. The monoisotopic (exact) mass is 439 g/mol. The summed E-state index contributed by atoms with van der Waals surface area (Å²) in [5.74, 6) is 0.0120. The molecule has 2 amide bonds. The van der Waals surface area contributed by atoms with Crippen LogP contribution in [0.25, 0.3) is 0 Å². The normalized spacial score (nSPS) is 13.9. The molecule has 154 valence electrons. The van der Waals surface area contributed by atoms with Gasteiger partial charge in [0.2, 0.25) is 5.91 Å². The molecule has 0 bridgehead atoms. The van der Waals surface area contributed by atoms with Crippen LogP contribution in [0.4, 0.5) is 11.4 Å². The Morgan fingerprint density at radius 1 is 0.967 bits per heavy atom. The van der Waals surface area contributed by atoms with Crippen molar-refractivity contribution in [2.24, 2.45) is 0 Å². The molecular formula is C23H22ClN3O2S. The average Bonchev–Trinajstić information content (AvgIpc) is 3.29. The van der Waals surface area contributed by atoms with E-state index in [9.17, 15) is 9.59 Å². The van der Waals surface area contributed by atoms with Crippen molar-refractivity contribution < 1.29 is 9.59 Å². The van der Waals surface area contributed by atoms with E-state index in [1.165, 1.54) is 11.3 Å². The van der Waals surface area contributed by atoms with Crippen LogP contribution < -0.4 is 10.2 Å². The second-order valence-corrected chi connectivity index (χ2v) is 8.49. The Balaban J connectivity index is 1.34. The van der Waals surface area contributed by atoms with Crippen LogP contribution >= 0.6 is 22.9 Å². The summed E-state index contributed by atoms with van der Waals surface area (Å²) in [7, 11) is 0. The topological polar surface area (TPSA) is 52.7 Å². The Hall–Kier alpha value is -2.83. The summed E-state index contributed by atoms with van der Waals surface area (Å²) in [6.07, 6.45) is 0.320. The van der Waals surface area contributed by atoms with Crippen LogP contribution in [-0.4, -0.2) is 42.9 Å². The molecule has 3 aromatic rings. The van der Waals surface area contributed by atoms with Gasteiger partial charge in [-0.25, -0.2) is 0 Å². The third-order valence-electron chi connectivity index (χ3n) is 5.08. The van der Waals surface area contributed by atoms with E-state index >= 15 is 0 Å². The van der Waals surface area contributed by atoms with Gasteiger partial charge in [-0.3, -0.25) is 9.59 Å². The lowest BCUT2D eigenvalue weighted by molar-refractivity contribution is -0.115. The molecule has 0 aliphatic carbocycles. The molecule has 0 unspecified atom stereocenters. The first-order valence-electron chi connectivity index (χ1n) is 9.81. The van der Waals surface area contributed by atoms with Gasteiger partial charge in [-0.05, 0) is 35.2 Å². The first kappa shape index (κ1) is 20.4. The zero-order valence-corrected chi connectivity index (χ0v) is 18.0. The zero-order valence-electron chi connectivity index (χ0n) is 16.4. The van der Waals surface area contributed by atoms with Crippen LogP contribution in [0.15, 0.2) is 66.0 Å². The molecule has 0 saturated carbocycles. The molecule has 1 aromatic heterocycles. The second kappa shape index (κ2) is 9.32. The average molecular weight is 440 g/mol. The van der Waals surface area contributed by atoms with Crippen molar-refractivity contribution in [2.75, 3.05) is 36.4 Å². The predicted octanol–water partition coefficient (Wildman–Crippen LogP) is 4.55. The van der Waals surface area contributed by atoms with Crippen molar-refractivity contribution >= 4 is 46.1 Å². The van der Waals surface area contributed by atoms with Crippen LogP contribution in [0.1, 0.15) is 15.2 Å². The summed E-state index contributed by atoms with van der Waals surface area (Å²) in [4.78, 5) is 29.6. The third kappa shape index (κ3) is 4.83. The number of rotatable bonds is 5. The quantitative estimate of drug-likeness (QED) is 0.634. The molecular weight excluding hydrogens is 418 g/mol. The highest BCUT2D eigenvalue weighted by molar-refractivity contribution is 7.12. The number of piperazine rings is 1. The van der Waals surface area contributed by atoms with Crippen molar-refractivity contribution in [1.82, 2.24) is 4.90 Å². The first-order chi connectivity index (χ1) is 14.6. The number of carbonyl (C=O) groups is 2. The number of hydrogen-bond donors (Lipinski definition) is 1. The van der Waals surface area contributed by atoms with E-state index in [0.29, 0.717) is 30.2 Å². The number of halogens is 1. The van der Waals surface area contributed by atoms with Crippen LogP contribution in [0.3, 0.4) is 0 Å². The molecule has 5 nitrogen and oxygen atoms in total. The van der Waals surface area contributed by atoms with E-state index in [2.05, 4.69) is 10.2 Å². The summed E-state index contributed by atoms with van der Waals surface area (Å²) in [5.41, 5.74) is 2.56. The number of nitrogens with zero attached hydrogens (tertiary/aromatic N) is 2. The Morgan fingerprint density at radius 3 is 2.40 bits per heavy atom. The number of carbonyl (C=O) groups excluding carboxylic acids is 2. The maximum Gasteiger partial charge on any atom is 0.264 e. The molecule has 1 aliphatic heterocycles. The van der Waals surface area contributed by atoms with Gasteiger partial charge in [0.25, 0.3) is 5.91 Å². The highest BCUT2D eigenvalue weighted by Gasteiger charge is 2.24. The van der Waals surface area contributed by atoms with E-state index in [1.807, 2.05) is 64.9 Å². The fourth-order valence-electron chi connectivity index (χ4n) is 3.53. The standard InChI is InChI=1S/C23H22ClN3O2S/c24-19-16-18(25-22(28)15-17-5-2-1-3-6-17)8-9-20(19)26-10-12-27(13-11-26)23(29)21-7-4-14-30-21/h1-9,14,16H,10-13,15H2,(H,25,28). The number of thiophene rings is 1. The summed E-state index contributed by atoms with van der Waals surface area (Å²) in [6.45, 7) is 2.75. The molecule has 1 aliphatic rings. The summed E-state index contributed by atoms with van der Waals surface area (Å²) >= 11 is 7.99. The molecule has 4 rings (SSSR count). The third-order valence-corrected chi connectivity index (χ3v) is 6.24. The molecule has 1 fully saturated rings. The minimum atomic E-state index is -0.0780. The van der Waals surface area contributed by atoms with E-state index in [4.69, 9.17) is 11.6 Å². The molecule has 7 heteroatoms. The fourth-order valence-corrected chi connectivity index (χ4v) is 4.52. The van der Waals surface area contributed by atoms with E-state index in [1.54, 1.807) is 6.07 Å². The highest BCUT2D eigenvalue weighted by atomic mass is 35.5. The van der Waals surface area contributed by atoms with Crippen LogP contribution in [0.5, 0.6) is 0 Å². The minimum absolute atomic E-state index is 0.0780. The van der Waals surface area contributed by atoms with Gasteiger partial charge >= 0.3 is 0 Å². The number of amides is 2. The van der Waals surface area contributed by atoms with Gasteiger partial charge in [-0.15, -0.1) is 11.3 Å². The molecule has 1 N–H and O–H groups in total. The second-order valence-electron chi connectivity index (χ2n) is 7.13. The lowest BCUT2D eigenvalue weighted by Gasteiger charge is -2.36. The van der Waals surface area contributed by atoms with Crippen molar-refractivity contribution in [2.45, 2.75) is 6.42 Å². The van der Waals surface area contributed by atoms with Crippen LogP contribution in [0, 0.1) is 0 Å². The fraction of sp³-hybridized carbons (Fsp3) is 0.217. The molecule has 2 heterocycles. The van der Waals surface area contributed by atoms with Gasteiger partial charge in [0.05, 0.1) is 22.0 Å². The number of hydrogen-bond acceptors (Lipinski definition) is 4. The molecule has 2 aromatic carbocycles. The van der Waals surface area contributed by atoms with E-state index < -0.39 is 0 Å². The van der Waals surface area contributed by atoms with Crippen LogP contribution in [0.2, 0.25) is 5.02 Å². The molecule has 1 saturated heterocycles. The molecule has 30 heavy (non-hydrogen) atoms. The summed E-state index contributed by atoms with van der Waals surface area (Å²) in [5, 5.41) is 5.41. The van der Waals surface area contributed by atoms with E-state index in [-0.39, 0.29) is 11.8 Å². The lowest BCUT2D eigenvalue weighted by atomic mass is 10.1.